The highest BCUT2D eigenvalue weighted by Gasteiger charge is 2.38. The van der Waals surface area contributed by atoms with Gasteiger partial charge in [-0.15, -0.1) is 0 Å². The van der Waals surface area contributed by atoms with Crippen LogP contribution >= 0.6 is 0 Å². The number of imide groups is 1. The summed E-state index contributed by atoms with van der Waals surface area (Å²) in [7, 11) is 0. The minimum absolute atomic E-state index is 0.181. The molecule has 1 rings (SSSR count). The molecular weight excluding hydrogens is 200 g/mol. The van der Waals surface area contributed by atoms with Crippen LogP contribution < -0.4 is 10.6 Å². The van der Waals surface area contributed by atoms with Crippen molar-refractivity contribution in [2.75, 3.05) is 0 Å². The monoisotopic (exact) mass is 214 g/mol. The molecular formula is C9H14N2O4. The Morgan fingerprint density at radius 1 is 1.27 bits per heavy atom. The van der Waals surface area contributed by atoms with Crippen molar-refractivity contribution in [2.24, 2.45) is 0 Å². The van der Waals surface area contributed by atoms with Gasteiger partial charge in [-0.1, -0.05) is 0 Å². The number of hydrogen-bond donors (Lipinski definition) is 3. The predicted octanol–water partition coefficient (Wildman–Crippen LogP) is 0.229. The van der Waals surface area contributed by atoms with E-state index >= 15 is 0 Å². The topological polar surface area (TPSA) is 95.5 Å². The predicted molar refractivity (Wildman–Crippen MR) is 51.2 cm³/mol. The molecule has 1 aliphatic carbocycles. The maximum absolute atomic E-state index is 11.2. The largest absolute Gasteiger partial charge is 0.481 e. The third-order valence-corrected chi connectivity index (χ3v) is 2.23. The van der Waals surface area contributed by atoms with Crippen LogP contribution in [-0.4, -0.2) is 28.6 Å². The number of carbonyl (C=O) groups is 3. The van der Waals surface area contributed by atoms with Gasteiger partial charge in [-0.25, -0.2) is 4.79 Å². The molecule has 0 aromatic heterocycles. The molecule has 1 aliphatic rings. The van der Waals surface area contributed by atoms with E-state index in [1.54, 1.807) is 0 Å². The fraction of sp³-hybridized carbons (Fsp3) is 0.667. The fourth-order valence-corrected chi connectivity index (χ4v) is 1.03. The standard InChI is InChI=1S/C9H14N2O4/c1-9(4-5-9)11-8(15)10-6(12)2-3-7(13)14/h2-5H2,1H3,(H,13,14)(H2,10,11,12,15). The van der Waals surface area contributed by atoms with Crippen LogP contribution in [0, 0.1) is 0 Å². The second-order valence-electron chi connectivity index (χ2n) is 3.96. The van der Waals surface area contributed by atoms with Gasteiger partial charge in [0.15, 0.2) is 0 Å². The molecule has 0 bridgehead atoms. The third kappa shape index (κ3) is 4.44. The van der Waals surface area contributed by atoms with E-state index in [4.69, 9.17) is 5.11 Å². The minimum Gasteiger partial charge on any atom is -0.481 e. The van der Waals surface area contributed by atoms with Crippen molar-refractivity contribution in [3.63, 3.8) is 0 Å². The summed E-state index contributed by atoms with van der Waals surface area (Å²) in [5.41, 5.74) is -0.183. The number of urea groups is 1. The molecule has 3 N–H and O–H groups in total. The number of carboxylic acid groups (broad SMARTS) is 1. The quantitative estimate of drug-likeness (QED) is 0.624. The van der Waals surface area contributed by atoms with Crippen LogP contribution in [0.2, 0.25) is 0 Å². The summed E-state index contributed by atoms with van der Waals surface area (Å²) in [4.78, 5) is 32.3. The lowest BCUT2D eigenvalue weighted by Crippen LogP contribution is -2.44. The third-order valence-electron chi connectivity index (χ3n) is 2.23. The van der Waals surface area contributed by atoms with E-state index < -0.39 is 17.9 Å². The zero-order valence-corrected chi connectivity index (χ0v) is 8.50. The zero-order chi connectivity index (χ0) is 11.5. The highest BCUT2D eigenvalue weighted by molar-refractivity contribution is 5.95. The molecule has 0 aromatic carbocycles. The van der Waals surface area contributed by atoms with Crippen LogP contribution in [0.5, 0.6) is 0 Å². The van der Waals surface area contributed by atoms with Crippen LogP contribution in [0.4, 0.5) is 4.79 Å². The SMILES string of the molecule is CC1(NC(=O)NC(=O)CCC(=O)O)CC1. The van der Waals surface area contributed by atoms with E-state index in [-0.39, 0.29) is 18.4 Å². The van der Waals surface area contributed by atoms with Gasteiger partial charge in [0.2, 0.25) is 5.91 Å². The van der Waals surface area contributed by atoms with Crippen LogP contribution in [0.15, 0.2) is 0 Å². The molecule has 0 spiro atoms. The van der Waals surface area contributed by atoms with Gasteiger partial charge >= 0.3 is 12.0 Å². The van der Waals surface area contributed by atoms with Crippen LogP contribution in [0.1, 0.15) is 32.6 Å². The molecule has 15 heavy (non-hydrogen) atoms. The zero-order valence-electron chi connectivity index (χ0n) is 8.50. The van der Waals surface area contributed by atoms with Gasteiger partial charge in [-0.05, 0) is 19.8 Å². The van der Waals surface area contributed by atoms with Gasteiger partial charge in [0.1, 0.15) is 0 Å². The minimum atomic E-state index is -1.06. The van der Waals surface area contributed by atoms with E-state index in [1.165, 1.54) is 0 Å². The highest BCUT2D eigenvalue weighted by atomic mass is 16.4. The summed E-state index contributed by atoms with van der Waals surface area (Å²) >= 11 is 0. The second kappa shape index (κ2) is 4.29. The molecule has 6 nitrogen and oxygen atoms in total. The number of hydrogen-bond acceptors (Lipinski definition) is 3. The Morgan fingerprint density at radius 3 is 2.33 bits per heavy atom. The molecule has 0 heterocycles. The Labute approximate surface area is 87.0 Å². The first-order valence-corrected chi connectivity index (χ1v) is 4.75. The first kappa shape index (κ1) is 11.5. The van der Waals surface area contributed by atoms with Crippen molar-refractivity contribution in [1.29, 1.82) is 0 Å². The summed E-state index contributed by atoms with van der Waals surface area (Å²) < 4.78 is 0. The average Bonchev–Trinajstić information content (AvgIpc) is 2.79. The summed E-state index contributed by atoms with van der Waals surface area (Å²) in [5.74, 6) is -1.63. The van der Waals surface area contributed by atoms with Gasteiger partial charge in [-0.3, -0.25) is 14.9 Å². The Balaban J connectivity index is 2.19. The van der Waals surface area contributed by atoms with Crippen molar-refractivity contribution in [1.82, 2.24) is 10.6 Å². The lowest BCUT2D eigenvalue weighted by atomic mass is 10.3. The normalized spacial score (nSPS) is 16.6. The molecule has 6 heteroatoms. The van der Waals surface area contributed by atoms with E-state index in [2.05, 4.69) is 10.6 Å². The molecule has 0 unspecified atom stereocenters. The van der Waals surface area contributed by atoms with E-state index in [0.29, 0.717) is 0 Å². The number of nitrogens with one attached hydrogen (secondary N) is 2. The lowest BCUT2D eigenvalue weighted by molar-refractivity contribution is -0.138. The van der Waals surface area contributed by atoms with Crippen molar-refractivity contribution >= 4 is 17.9 Å². The summed E-state index contributed by atoms with van der Waals surface area (Å²) in [6, 6.07) is -0.551. The van der Waals surface area contributed by atoms with Gasteiger partial charge < -0.3 is 10.4 Å². The fourth-order valence-electron chi connectivity index (χ4n) is 1.03. The van der Waals surface area contributed by atoms with E-state index in [1.807, 2.05) is 6.92 Å². The number of carbonyl (C=O) groups excluding carboxylic acids is 2. The maximum atomic E-state index is 11.2. The lowest BCUT2D eigenvalue weighted by Gasteiger charge is -2.11. The molecule has 0 saturated heterocycles. The summed E-state index contributed by atoms with van der Waals surface area (Å²) in [6.45, 7) is 1.88. The Morgan fingerprint density at radius 2 is 1.87 bits per heavy atom. The average molecular weight is 214 g/mol. The molecule has 0 atom stereocenters. The smallest absolute Gasteiger partial charge is 0.321 e. The van der Waals surface area contributed by atoms with Crippen molar-refractivity contribution in [3.8, 4) is 0 Å². The van der Waals surface area contributed by atoms with Gasteiger partial charge in [0.25, 0.3) is 0 Å². The molecule has 1 saturated carbocycles. The summed E-state index contributed by atoms with van der Waals surface area (Å²) in [5, 5.41) is 13.0. The first-order chi connectivity index (χ1) is 6.91. The molecule has 0 aromatic rings. The maximum Gasteiger partial charge on any atom is 0.321 e. The number of rotatable bonds is 4. The number of aliphatic carboxylic acids is 1. The molecule has 3 amide bonds. The number of amides is 3. The highest BCUT2D eigenvalue weighted by Crippen LogP contribution is 2.33. The molecule has 0 aliphatic heterocycles. The van der Waals surface area contributed by atoms with Gasteiger partial charge in [0.05, 0.1) is 6.42 Å². The molecule has 1 fully saturated rings. The van der Waals surface area contributed by atoms with Crippen molar-refractivity contribution in [2.45, 2.75) is 38.1 Å². The summed E-state index contributed by atoms with van der Waals surface area (Å²) in [6.07, 6.45) is 1.36. The number of carboxylic acids is 1. The van der Waals surface area contributed by atoms with Crippen LogP contribution in [-0.2, 0) is 9.59 Å². The first-order valence-electron chi connectivity index (χ1n) is 4.75. The molecule has 84 valence electrons. The Kier molecular flexibility index (Phi) is 3.28. The molecule has 0 radical (unpaired) electrons. The second-order valence-corrected chi connectivity index (χ2v) is 3.96. The van der Waals surface area contributed by atoms with Crippen molar-refractivity contribution < 1.29 is 19.5 Å². The van der Waals surface area contributed by atoms with Gasteiger partial charge in [0, 0.05) is 12.0 Å². The van der Waals surface area contributed by atoms with Crippen LogP contribution in [0.25, 0.3) is 0 Å². The van der Waals surface area contributed by atoms with Gasteiger partial charge in [-0.2, -0.15) is 0 Å². The Hall–Kier alpha value is -1.59. The van der Waals surface area contributed by atoms with Crippen LogP contribution in [0.3, 0.4) is 0 Å². The van der Waals surface area contributed by atoms with E-state index in [9.17, 15) is 14.4 Å². The van der Waals surface area contributed by atoms with E-state index in [0.717, 1.165) is 12.8 Å². The Bertz CT molecular complexity index is 296. The van der Waals surface area contributed by atoms with Crippen molar-refractivity contribution in [3.05, 3.63) is 0 Å².